The molecule has 0 atom stereocenters. The number of pyridine rings is 1. The minimum Gasteiger partial charge on any atom is -0.466 e. The summed E-state index contributed by atoms with van der Waals surface area (Å²) in [5, 5.41) is 3.22. The maximum Gasteiger partial charge on any atom is 0.324 e. The zero-order chi connectivity index (χ0) is 19.8. The van der Waals surface area contributed by atoms with Crippen LogP contribution in [0.25, 0.3) is 0 Å². The molecule has 0 radical (unpaired) electrons. The van der Waals surface area contributed by atoms with Gasteiger partial charge in [0.2, 0.25) is 0 Å². The van der Waals surface area contributed by atoms with E-state index < -0.39 is 0 Å². The first-order chi connectivity index (χ1) is 13.7. The number of rotatable bonds is 9. The summed E-state index contributed by atoms with van der Waals surface area (Å²) in [6.07, 6.45) is 2.74. The SMILES string of the molecule is CCOC(=O)CCc1ccc(N2CCN(CCNc3ccccn3)C2=O)cc1. The number of nitrogens with zero attached hydrogens (tertiary/aromatic N) is 3. The van der Waals surface area contributed by atoms with Crippen molar-refractivity contribution in [2.75, 3.05) is 43.0 Å². The van der Waals surface area contributed by atoms with Gasteiger partial charge in [0.25, 0.3) is 0 Å². The predicted molar refractivity (Wildman–Crippen MR) is 108 cm³/mol. The van der Waals surface area contributed by atoms with Crippen molar-refractivity contribution in [3.8, 4) is 0 Å². The van der Waals surface area contributed by atoms with Crippen LogP contribution in [0.1, 0.15) is 18.9 Å². The van der Waals surface area contributed by atoms with Gasteiger partial charge in [-0.2, -0.15) is 0 Å². The zero-order valence-corrected chi connectivity index (χ0v) is 16.1. The van der Waals surface area contributed by atoms with Gasteiger partial charge in [0, 0.05) is 44.5 Å². The molecule has 2 aromatic rings. The Bertz CT molecular complexity index is 780. The Labute approximate surface area is 165 Å². The summed E-state index contributed by atoms with van der Waals surface area (Å²) in [6, 6.07) is 13.5. The molecule has 3 rings (SSSR count). The number of carbonyl (C=O) groups excluding carboxylic acids is 2. The number of nitrogens with one attached hydrogen (secondary N) is 1. The van der Waals surface area contributed by atoms with Crippen molar-refractivity contribution in [2.45, 2.75) is 19.8 Å². The summed E-state index contributed by atoms with van der Waals surface area (Å²) in [5.41, 5.74) is 1.94. The van der Waals surface area contributed by atoms with Gasteiger partial charge in [-0.25, -0.2) is 9.78 Å². The third-order valence-corrected chi connectivity index (χ3v) is 4.62. The summed E-state index contributed by atoms with van der Waals surface area (Å²) in [4.78, 5) is 32.0. The van der Waals surface area contributed by atoms with E-state index in [1.807, 2.05) is 47.4 Å². The van der Waals surface area contributed by atoms with E-state index in [0.29, 0.717) is 45.6 Å². The Morgan fingerprint density at radius 3 is 2.71 bits per heavy atom. The molecule has 148 valence electrons. The van der Waals surface area contributed by atoms with Crippen molar-refractivity contribution in [1.82, 2.24) is 9.88 Å². The molecule has 0 bridgehead atoms. The first kappa shape index (κ1) is 19.7. The summed E-state index contributed by atoms with van der Waals surface area (Å²) in [6.45, 7) is 4.87. The number of hydrogen-bond acceptors (Lipinski definition) is 5. The molecule has 1 aromatic heterocycles. The summed E-state index contributed by atoms with van der Waals surface area (Å²) in [7, 11) is 0. The maximum atomic E-state index is 12.7. The van der Waals surface area contributed by atoms with Crippen LogP contribution in [0.5, 0.6) is 0 Å². The Hall–Kier alpha value is -3.09. The normalized spacial score (nSPS) is 13.7. The largest absolute Gasteiger partial charge is 0.466 e. The zero-order valence-electron chi connectivity index (χ0n) is 16.1. The highest BCUT2D eigenvalue weighted by Gasteiger charge is 2.28. The highest BCUT2D eigenvalue weighted by molar-refractivity contribution is 5.94. The fourth-order valence-corrected chi connectivity index (χ4v) is 3.14. The maximum absolute atomic E-state index is 12.7. The summed E-state index contributed by atoms with van der Waals surface area (Å²) >= 11 is 0. The van der Waals surface area contributed by atoms with Crippen molar-refractivity contribution in [2.24, 2.45) is 0 Å². The number of benzene rings is 1. The van der Waals surface area contributed by atoms with Crippen molar-refractivity contribution in [3.05, 3.63) is 54.2 Å². The Morgan fingerprint density at radius 1 is 1.18 bits per heavy atom. The Kier molecular flexibility index (Phi) is 6.84. The van der Waals surface area contributed by atoms with Crippen molar-refractivity contribution >= 4 is 23.5 Å². The molecule has 1 aliphatic rings. The molecule has 28 heavy (non-hydrogen) atoms. The molecule has 0 aliphatic carbocycles. The number of hydrogen-bond donors (Lipinski definition) is 1. The molecule has 0 spiro atoms. The van der Waals surface area contributed by atoms with Gasteiger partial charge >= 0.3 is 12.0 Å². The molecule has 1 aromatic carbocycles. The first-order valence-electron chi connectivity index (χ1n) is 9.63. The monoisotopic (exact) mass is 382 g/mol. The number of ether oxygens (including phenoxy) is 1. The number of urea groups is 1. The van der Waals surface area contributed by atoms with Crippen LogP contribution in [-0.2, 0) is 16.0 Å². The molecule has 7 nitrogen and oxygen atoms in total. The van der Waals surface area contributed by atoms with Gasteiger partial charge < -0.3 is 15.0 Å². The molecule has 1 N–H and O–H groups in total. The molecule has 0 unspecified atom stereocenters. The van der Waals surface area contributed by atoms with Crippen LogP contribution in [0.2, 0.25) is 0 Å². The molecule has 1 aliphatic heterocycles. The quantitative estimate of drug-likeness (QED) is 0.675. The smallest absolute Gasteiger partial charge is 0.324 e. The molecule has 2 amide bonds. The van der Waals surface area contributed by atoms with Gasteiger partial charge in [0.15, 0.2) is 0 Å². The van der Waals surface area contributed by atoms with Crippen molar-refractivity contribution in [3.63, 3.8) is 0 Å². The minimum atomic E-state index is -0.184. The second-order valence-electron chi connectivity index (χ2n) is 6.53. The van der Waals surface area contributed by atoms with E-state index in [4.69, 9.17) is 4.74 Å². The van der Waals surface area contributed by atoms with Gasteiger partial charge in [0.1, 0.15) is 5.82 Å². The lowest BCUT2D eigenvalue weighted by Gasteiger charge is -2.19. The van der Waals surface area contributed by atoms with Crippen LogP contribution in [-0.4, -0.2) is 54.7 Å². The van der Waals surface area contributed by atoms with Crippen LogP contribution in [0.15, 0.2) is 48.7 Å². The van der Waals surface area contributed by atoms with Crippen molar-refractivity contribution < 1.29 is 14.3 Å². The van der Waals surface area contributed by atoms with Gasteiger partial charge in [-0.3, -0.25) is 9.69 Å². The number of carbonyl (C=O) groups is 2. The molecule has 1 saturated heterocycles. The number of anilines is 2. The average molecular weight is 382 g/mol. The lowest BCUT2D eigenvalue weighted by Crippen LogP contribution is -2.34. The average Bonchev–Trinajstić information content (AvgIpc) is 3.08. The number of amides is 2. The highest BCUT2D eigenvalue weighted by atomic mass is 16.5. The Balaban J connectivity index is 1.48. The fraction of sp³-hybridized carbons (Fsp3) is 0.381. The fourth-order valence-electron chi connectivity index (χ4n) is 3.14. The molecular weight excluding hydrogens is 356 g/mol. The molecule has 7 heteroatoms. The van der Waals surface area contributed by atoms with Crippen molar-refractivity contribution in [1.29, 1.82) is 0 Å². The van der Waals surface area contributed by atoms with E-state index in [9.17, 15) is 9.59 Å². The summed E-state index contributed by atoms with van der Waals surface area (Å²) < 4.78 is 4.95. The second kappa shape index (κ2) is 9.73. The number of esters is 1. The van der Waals surface area contributed by atoms with Gasteiger partial charge in [-0.15, -0.1) is 0 Å². The number of aromatic nitrogens is 1. The van der Waals surface area contributed by atoms with E-state index in [2.05, 4.69) is 10.3 Å². The van der Waals surface area contributed by atoms with Crippen LogP contribution in [0.3, 0.4) is 0 Å². The van der Waals surface area contributed by atoms with Crippen LogP contribution < -0.4 is 10.2 Å². The molecule has 2 heterocycles. The summed E-state index contributed by atoms with van der Waals surface area (Å²) in [5.74, 6) is 0.626. The van der Waals surface area contributed by atoms with Gasteiger partial charge in [-0.05, 0) is 43.2 Å². The Morgan fingerprint density at radius 2 is 2.00 bits per heavy atom. The van der Waals surface area contributed by atoms with E-state index in [1.54, 1.807) is 18.0 Å². The minimum absolute atomic E-state index is 0.0158. The lowest BCUT2D eigenvalue weighted by molar-refractivity contribution is -0.143. The van der Waals surface area contributed by atoms with E-state index >= 15 is 0 Å². The third-order valence-electron chi connectivity index (χ3n) is 4.62. The lowest BCUT2D eigenvalue weighted by atomic mass is 10.1. The topological polar surface area (TPSA) is 74.8 Å². The van der Waals surface area contributed by atoms with E-state index in [-0.39, 0.29) is 12.0 Å². The van der Waals surface area contributed by atoms with Crippen LogP contribution in [0.4, 0.5) is 16.3 Å². The molecular formula is C21H26N4O3. The third kappa shape index (κ3) is 5.22. The highest BCUT2D eigenvalue weighted by Crippen LogP contribution is 2.21. The van der Waals surface area contributed by atoms with Crippen LogP contribution in [0, 0.1) is 0 Å². The van der Waals surface area contributed by atoms with Gasteiger partial charge in [0.05, 0.1) is 6.61 Å². The van der Waals surface area contributed by atoms with E-state index in [0.717, 1.165) is 17.1 Å². The second-order valence-corrected chi connectivity index (χ2v) is 6.53. The molecule has 1 fully saturated rings. The predicted octanol–water partition coefficient (Wildman–Crippen LogP) is 2.93. The standard InChI is InChI=1S/C21H26N4O3/c1-2-28-20(26)11-8-17-6-9-18(10-7-17)25-16-15-24(21(25)27)14-13-23-19-5-3-4-12-22-19/h3-7,9-10,12H,2,8,11,13-16H2,1H3,(H,22,23). The van der Waals surface area contributed by atoms with Gasteiger partial charge in [-0.1, -0.05) is 18.2 Å². The molecule has 0 saturated carbocycles. The number of aryl methyl sites for hydroxylation is 1. The first-order valence-corrected chi connectivity index (χ1v) is 9.63. The van der Waals surface area contributed by atoms with Crippen LogP contribution >= 0.6 is 0 Å². The van der Waals surface area contributed by atoms with E-state index in [1.165, 1.54) is 0 Å².